The van der Waals surface area contributed by atoms with Crippen LogP contribution < -0.4 is 16.4 Å². The Kier molecular flexibility index (Phi) is 10.3. The summed E-state index contributed by atoms with van der Waals surface area (Å²) in [5.74, 6) is -0.498. The Morgan fingerprint density at radius 3 is 1.86 bits per heavy atom. The molecule has 0 aliphatic rings. The first-order valence-electron chi connectivity index (χ1n) is 3.15. The third-order valence-electron chi connectivity index (χ3n) is 0.989. The minimum Gasteiger partial charge on any atom is -0.412 e. The van der Waals surface area contributed by atoms with Crippen LogP contribution in [0.2, 0.25) is 0 Å². The number of carbonyl (C=O) groups excluding carboxylic acids is 1. The molecule has 0 radical (unpaired) electrons. The summed E-state index contributed by atoms with van der Waals surface area (Å²) in [4.78, 5) is 10.6. The number of nitrogens with one attached hydrogen (secondary N) is 2. The molecule has 0 saturated heterocycles. The molecule has 0 saturated carbocycles. The van der Waals surface area contributed by atoms with Gasteiger partial charge in [-0.05, 0) is 0 Å². The molecular formula is C5H7N3OS4Zn. The number of primary amides is 1. The fourth-order valence-electron chi connectivity index (χ4n) is 0.624. The molecule has 0 rings (SSSR count). The van der Waals surface area contributed by atoms with E-state index in [0.717, 1.165) is 0 Å². The van der Waals surface area contributed by atoms with Crippen molar-refractivity contribution in [3.63, 3.8) is 0 Å². The van der Waals surface area contributed by atoms with Crippen LogP contribution in [0.15, 0.2) is 0 Å². The van der Waals surface area contributed by atoms with Crippen molar-refractivity contribution in [3.05, 3.63) is 0 Å². The van der Waals surface area contributed by atoms with Gasteiger partial charge < -0.3 is 66.1 Å². The molecule has 9 heteroatoms. The summed E-state index contributed by atoms with van der Waals surface area (Å²) >= 11 is 18.4. The number of rotatable bonds is 4. The maximum Gasteiger partial charge on any atom is 2.00 e. The second-order valence-electron chi connectivity index (χ2n) is 2.09. The molecule has 0 bridgehead atoms. The molecule has 0 unspecified atom stereocenters. The molecule has 0 aromatic carbocycles. The van der Waals surface area contributed by atoms with Gasteiger partial charge in [0.15, 0.2) is 0 Å². The number of hydrogen-bond acceptors (Lipinski definition) is 5. The van der Waals surface area contributed by atoms with Crippen molar-refractivity contribution in [2.45, 2.75) is 12.6 Å². The van der Waals surface area contributed by atoms with Gasteiger partial charge >= 0.3 is 19.5 Å². The van der Waals surface area contributed by atoms with Gasteiger partial charge in [-0.1, -0.05) is 8.64 Å². The Hall–Kier alpha value is 0.313. The first kappa shape index (κ1) is 16.7. The van der Waals surface area contributed by atoms with Gasteiger partial charge in [-0.2, -0.15) is 0 Å². The van der Waals surface area contributed by atoms with E-state index < -0.39 is 12.1 Å². The van der Waals surface area contributed by atoms with Gasteiger partial charge in [0.25, 0.3) is 0 Å². The van der Waals surface area contributed by atoms with E-state index in [4.69, 9.17) is 5.73 Å². The minimum atomic E-state index is -0.507. The minimum absolute atomic E-state index is 0. The Morgan fingerprint density at radius 2 is 1.64 bits per heavy atom. The zero-order chi connectivity index (χ0) is 10.4. The molecule has 0 aliphatic carbocycles. The summed E-state index contributed by atoms with van der Waals surface area (Å²) in [5.41, 5.74) is 4.97. The van der Waals surface area contributed by atoms with Crippen molar-refractivity contribution < 1.29 is 24.3 Å². The van der Waals surface area contributed by atoms with Crippen LogP contribution in [0, 0.1) is 0 Å². The van der Waals surface area contributed by atoms with Crippen LogP contribution in [-0.2, 0) is 49.5 Å². The molecule has 1 amide bonds. The predicted octanol–water partition coefficient (Wildman–Crippen LogP) is -0.972. The van der Waals surface area contributed by atoms with E-state index >= 15 is 0 Å². The largest absolute Gasteiger partial charge is 2.00 e. The van der Waals surface area contributed by atoms with Crippen LogP contribution in [0.5, 0.6) is 0 Å². The molecule has 14 heavy (non-hydrogen) atoms. The van der Waals surface area contributed by atoms with Crippen molar-refractivity contribution >= 4 is 64.2 Å². The molecule has 4 nitrogen and oxygen atoms in total. The first-order chi connectivity index (χ1) is 5.91. The fraction of sp³-hybridized carbons (Fsp3) is 0.400. The van der Waals surface area contributed by atoms with Gasteiger partial charge in [-0.3, -0.25) is 4.79 Å². The molecule has 0 fully saturated rings. The summed E-state index contributed by atoms with van der Waals surface area (Å²) < 4.78 is 0.259. The molecule has 0 spiro atoms. The Morgan fingerprint density at radius 1 is 1.29 bits per heavy atom. The Labute approximate surface area is 117 Å². The van der Waals surface area contributed by atoms with E-state index in [1.165, 1.54) is 0 Å². The van der Waals surface area contributed by atoms with E-state index in [1.54, 1.807) is 0 Å². The van der Waals surface area contributed by atoms with Crippen molar-refractivity contribution in [2.75, 3.05) is 0 Å². The van der Waals surface area contributed by atoms with Crippen LogP contribution in [0.3, 0.4) is 0 Å². The topological polar surface area (TPSA) is 67.2 Å². The van der Waals surface area contributed by atoms with Gasteiger partial charge in [0.1, 0.15) is 6.17 Å². The summed E-state index contributed by atoms with van der Waals surface area (Å²) in [5, 5.41) is 5.25. The average Bonchev–Trinajstić information content (AvgIpc) is 1.80. The fourth-order valence-corrected chi connectivity index (χ4v) is 1.19. The zero-order valence-corrected chi connectivity index (χ0v) is 13.3. The standard InChI is InChI=1S/C5H9N3OS4.Zn/c6-2(9)1-3(7-4(10)11)8-5(12)13;/h3H,1H2,(H2,6,9)(H2,7,10,11)(H2,8,12,13);/q;+2/p-2. The number of amides is 1. The van der Waals surface area contributed by atoms with E-state index in [0.29, 0.717) is 0 Å². The smallest absolute Gasteiger partial charge is 0.412 e. The second-order valence-corrected chi connectivity index (χ2v) is 4.24. The molecule has 4 N–H and O–H groups in total. The monoisotopic (exact) mass is 317 g/mol. The number of hydrogen-bond donors (Lipinski definition) is 3. The van der Waals surface area contributed by atoms with Crippen molar-refractivity contribution in [3.8, 4) is 0 Å². The van der Waals surface area contributed by atoms with E-state index in [9.17, 15) is 4.79 Å². The molecule has 0 aromatic rings. The summed E-state index contributed by atoms with van der Waals surface area (Å²) in [7, 11) is 0. The Balaban J connectivity index is 0. The molecule has 0 aliphatic heterocycles. The molecule has 0 aromatic heterocycles. The summed E-state index contributed by atoms with van der Waals surface area (Å²) in [6.07, 6.45) is -0.486. The van der Waals surface area contributed by atoms with Crippen LogP contribution in [0.25, 0.3) is 0 Å². The normalized spacial score (nSPS) is 8.64. The van der Waals surface area contributed by atoms with Crippen LogP contribution in [0.1, 0.15) is 6.42 Å². The van der Waals surface area contributed by atoms with Crippen LogP contribution in [0.4, 0.5) is 0 Å². The Bertz CT molecular complexity index is 199. The van der Waals surface area contributed by atoms with Gasteiger partial charge in [-0.15, -0.1) is 0 Å². The van der Waals surface area contributed by atoms with Gasteiger partial charge in [0, 0.05) is 0 Å². The van der Waals surface area contributed by atoms with Gasteiger partial charge in [-0.25, -0.2) is 0 Å². The maximum absolute atomic E-state index is 10.6. The second kappa shape index (κ2) is 8.61. The van der Waals surface area contributed by atoms with Gasteiger partial charge in [0.05, 0.1) is 6.42 Å². The molecule has 74 valence electrons. The van der Waals surface area contributed by atoms with E-state index in [-0.39, 0.29) is 34.5 Å². The third-order valence-corrected chi connectivity index (χ3v) is 1.46. The SMILES string of the molecule is NC(=O)CC(NC(=S)[S-])NC(=S)[S-].[Zn+2]. The van der Waals surface area contributed by atoms with Crippen LogP contribution >= 0.6 is 24.4 Å². The van der Waals surface area contributed by atoms with Crippen molar-refractivity contribution in [2.24, 2.45) is 5.73 Å². The first-order valence-corrected chi connectivity index (χ1v) is 4.78. The van der Waals surface area contributed by atoms with Crippen molar-refractivity contribution in [1.82, 2.24) is 10.6 Å². The molecular weight excluding hydrogens is 312 g/mol. The van der Waals surface area contributed by atoms with Gasteiger partial charge in [0.2, 0.25) is 5.91 Å². The summed E-state index contributed by atoms with van der Waals surface area (Å²) in [6, 6.07) is 0. The van der Waals surface area contributed by atoms with Crippen molar-refractivity contribution in [1.29, 1.82) is 0 Å². The molecule has 0 heterocycles. The molecule has 0 atom stereocenters. The zero-order valence-electron chi connectivity index (χ0n) is 7.11. The third kappa shape index (κ3) is 10.4. The van der Waals surface area contributed by atoms with E-state index in [1.807, 2.05) is 0 Å². The maximum atomic E-state index is 10.6. The number of nitrogens with two attached hydrogens (primary N) is 1. The van der Waals surface area contributed by atoms with E-state index in [2.05, 4.69) is 60.3 Å². The average molecular weight is 319 g/mol. The van der Waals surface area contributed by atoms with Crippen LogP contribution in [-0.4, -0.2) is 20.7 Å². The number of thiocarbonyl (C=S) groups is 2. The predicted molar refractivity (Wildman–Crippen MR) is 63.8 cm³/mol. The quantitative estimate of drug-likeness (QED) is 0.267. The number of carbonyl (C=O) groups is 1. The summed E-state index contributed by atoms with van der Waals surface area (Å²) in [6.45, 7) is 0.